The second kappa shape index (κ2) is 10.2. The van der Waals surface area contributed by atoms with Crippen LogP contribution in [0.2, 0.25) is 0 Å². The lowest BCUT2D eigenvalue weighted by Gasteiger charge is -2.02. The average Bonchev–Trinajstić information content (AvgIpc) is 2.06. The van der Waals surface area contributed by atoms with E-state index in [1.54, 1.807) is 0 Å². The van der Waals surface area contributed by atoms with E-state index in [1.807, 2.05) is 14.1 Å². The van der Waals surface area contributed by atoms with E-state index in [0.717, 1.165) is 5.92 Å². The molecule has 0 fully saturated rings. The van der Waals surface area contributed by atoms with Crippen molar-refractivity contribution < 1.29 is 0 Å². The Bertz CT molecular complexity index is 195. The predicted octanol–water partition coefficient (Wildman–Crippen LogP) is 2.88. The number of hydrogen-bond donors (Lipinski definition) is 2. The Morgan fingerprint density at radius 1 is 1.07 bits per heavy atom. The first kappa shape index (κ1) is 15.6. The molecule has 0 amide bonds. The van der Waals surface area contributed by atoms with Gasteiger partial charge in [-0.1, -0.05) is 44.2 Å². The molecule has 0 aromatic heterocycles. The van der Waals surface area contributed by atoms with Crippen molar-refractivity contribution in [2.45, 2.75) is 20.3 Å². The summed E-state index contributed by atoms with van der Waals surface area (Å²) in [6.45, 7) is 4.49. The minimum absolute atomic E-state index is 0. The van der Waals surface area contributed by atoms with Gasteiger partial charge in [-0.25, -0.2) is 0 Å². The third kappa shape index (κ3) is 9.23. The van der Waals surface area contributed by atoms with Crippen LogP contribution in [0.25, 0.3) is 0 Å². The molecule has 1 aromatic carbocycles. The van der Waals surface area contributed by atoms with Crippen LogP contribution in [0.15, 0.2) is 30.3 Å². The van der Waals surface area contributed by atoms with E-state index < -0.39 is 0 Å². The highest BCUT2D eigenvalue weighted by molar-refractivity contribution is 5.14. The van der Waals surface area contributed by atoms with Crippen molar-refractivity contribution >= 4 is 0 Å². The molecule has 0 spiro atoms. The van der Waals surface area contributed by atoms with Gasteiger partial charge in [0.1, 0.15) is 0 Å². The Balaban J connectivity index is 0. The highest BCUT2D eigenvalue weighted by atomic mass is 14.7. The monoisotopic (exact) mass is 196 g/mol. The largest absolute Gasteiger partial charge is 0.344 e. The summed E-state index contributed by atoms with van der Waals surface area (Å²) in [4.78, 5) is 0. The van der Waals surface area contributed by atoms with E-state index in [-0.39, 0.29) is 6.15 Å². The molecule has 0 aliphatic rings. The Morgan fingerprint density at radius 2 is 1.50 bits per heavy atom. The number of nitrogens with one attached hydrogen (secondary N) is 1. The first-order valence-corrected chi connectivity index (χ1v) is 4.83. The lowest BCUT2D eigenvalue weighted by Crippen LogP contribution is -1.92. The van der Waals surface area contributed by atoms with Gasteiger partial charge in [0.05, 0.1) is 0 Å². The first-order valence-electron chi connectivity index (χ1n) is 4.83. The van der Waals surface area contributed by atoms with Crippen LogP contribution in [-0.4, -0.2) is 14.1 Å². The minimum atomic E-state index is 0. The van der Waals surface area contributed by atoms with Crippen molar-refractivity contribution in [2.75, 3.05) is 14.1 Å². The maximum absolute atomic E-state index is 2.75. The molecule has 2 nitrogen and oxygen atoms in total. The summed E-state index contributed by atoms with van der Waals surface area (Å²) in [5.41, 5.74) is 1.44. The number of hydrogen-bond acceptors (Lipinski definition) is 2. The predicted molar refractivity (Wildman–Crippen MR) is 65.0 cm³/mol. The molecule has 0 aliphatic carbocycles. The number of benzene rings is 1. The second-order valence-electron chi connectivity index (χ2n) is 3.58. The molecule has 1 aromatic rings. The van der Waals surface area contributed by atoms with E-state index in [9.17, 15) is 0 Å². The Morgan fingerprint density at radius 3 is 1.86 bits per heavy atom. The molecule has 0 unspecified atom stereocenters. The second-order valence-corrected chi connectivity index (χ2v) is 3.58. The molecule has 0 aliphatic heterocycles. The van der Waals surface area contributed by atoms with Crippen molar-refractivity contribution in [3.63, 3.8) is 0 Å². The summed E-state index contributed by atoms with van der Waals surface area (Å²) in [6.07, 6.45) is 1.20. The fraction of sp³-hybridized carbons (Fsp3) is 0.500. The summed E-state index contributed by atoms with van der Waals surface area (Å²) < 4.78 is 0. The molecule has 82 valence electrons. The summed E-state index contributed by atoms with van der Waals surface area (Å²) in [7, 11) is 3.75. The lowest BCUT2D eigenvalue weighted by atomic mass is 10.0. The van der Waals surface area contributed by atoms with Crippen LogP contribution >= 0.6 is 0 Å². The Kier molecular flexibility index (Phi) is 11.4. The maximum atomic E-state index is 2.75. The molecule has 0 bridgehead atoms. The smallest absolute Gasteiger partial charge is 0.0167 e. The molecule has 4 N–H and O–H groups in total. The van der Waals surface area contributed by atoms with Gasteiger partial charge in [-0.05, 0) is 32.0 Å². The summed E-state index contributed by atoms with van der Waals surface area (Å²) in [5, 5.41) is 2.75. The molecule has 1 rings (SSSR count). The molecule has 0 saturated heterocycles. The average molecular weight is 196 g/mol. The van der Waals surface area contributed by atoms with Crippen LogP contribution in [-0.2, 0) is 6.42 Å². The standard InChI is InChI=1S/C10H14.C2H7N.H3N/c1-9(2)8-10-6-4-3-5-7-10;1-3-2;/h3-7,9H,8H2,1-2H3;3H,1-2H3;1H3. The van der Waals surface area contributed by atoms with Gasteiger partial charge >= 0.3 is 0 Å². The highest BCUT2D eigenvalue weighted by Crippen LogP contribution is 2.05. The van der Waals surface area contributed by atoms with Crippen molar-refractivity contribution in [3.05, 3.63) is 35.9 Å². The highest BCUT2D eigenvalue weighted by Gasteiger charge is 1.94. The minimum Gasteiger partial charge on any atom is -0.344 e. The van der Waals surface area contributed by atoms with Crippen LogP contribution < -0.4 is 11.5 Å². The van der Waals surface area contributed by atoms with Gasteiger partial charge in [-0.3, -0.25) is 0 Å². The summed E-state index contributed by atoms with van der Waals surface area (Å²) in [6, 6.07) is 10.6. The molecule has 14 heavy (non-hydrogen) atoms. The summed E-state index contributed by atoms with van der Waals surface area (Å²) >= 11 is 0. The van der Waals surface area contributed by atoms with Crippen molar-refractivity contribution in [1.82, 2.24) is 11.5 Å². The molecule has 0 saturated carbocycles. The van der Waals surface area contributed by atoms with E-state index in [0.29, 0.717) is 0 Å². The molecular formula is C12H24N2. The van der Waals surface area contributed by atoms with Crippen molar-refractivity contribution in [3.8, 4) is 0 Å². The quantitative estimate of drug-likeness (QED) is 0.764. The van der Waals surface area contributed by atoms with Crippen LogP contribution in [0.4, 0.5) is 0 Å². The van der Waals surface area contributed by atoms with Gasteiger partial charge < -0.3 is 11.5 Å². The van der Waals surface area contributed by atoms with Gasteiger partial charge in [0.2, 0.25) is 0 Å². The van der Waals surface area contributed by atoms with Gasteiger partial charge in [-0.15, -0.1) is 0 Å². The third-order valence-corrected chi connectivity index (χ3v) is 1.49. The lowest BCUT2D eigenvalue weighted by molar-refractivity contribution is 0.647. The normalized spacial score (nSPS) is 8.64. The Labute approximate surface area is 88.3 Å². The van der Waals surface area contributed by atoms with Crippen LogP contribution in [0.3, 0.4) is 0 Å². The van der Waals surface area contributed by atoms with E-state index >= 15 is 0 Å². The van der Waals surface area contributed by atoms with Crippen LogP contribution in [0.1, 0.15) is 19.4 Å². The van der Waals surface area contributed by atoms with E-state index in [2.05, 4.69) is 49.5 Å². The van der Waals surface area contributed by atoms with Crippen LogP contribution in [0, 0.1) is 5.92 Å². The molecule has 2 heteroatoms. The number of rotatable bonds is 2. The molecule has 0 radical (unpaired) electrons. The first-order chi connectivity index (χ1) is 6.20. The van der Waals surface area contributed by atoms with E-state index in [4.69, 9.17) is 0 Å². The zero-order valence-electron chi connectivity index (χ0n) is 9.88. The zero-order valence-corrected chi connectivity index (χ0v) is 9.88. The summed E-state index contributed by atoms with van der Waals surface area (Å²) in [5.74, 6) is 0.766. The van der Waals surface area contributed by atoms with Crippen molar-refractivity contribution in [2.24, 2.45) is 5.92 Å². The topological polar surface area (TPSA) is 47.0 Å². The maximum Gasteiger partial charge on any atom is -0.0167 e. The zero-order chi connectivity index (χ0) is 10.1. The molecule has 0 atom stereocenters. The SMILES string of the molecule is CC(C)Cc1ccccc1.CNC.N. The fourth-order valence-electron chi connectivity index (χ4n) is 1.09. The fourth-order valence-corrected chi connectivity index (χ4v) is 1.09. The van der Waals surface area contributed by atoms with Gasteiger partial charge in [0.15, 0.2) is 0 Å². The molecular weight excluding hydrogens is 172 g/mol. The van der Waals surface area contributed by atoms with Gasteiger partial charge in [0, 0.05) is 0 Å². The van der Waals surface area contributed by atoms with Gasteiger partial charge in [0.25, 0.3) is 0 Å². The Hall–Kier alpha value is -0.860. The van der Waals surface area contributed by atoms with Crippen molar-refractivity contribution in [1.29, 1.82) is 0 Å². The van der Waals surface area contributed by atoms with Crippen LogP contribution in [0.5, 0.6) is 0 Å². The molecule has 0 heterocycles. The van der Waals surface area contributed by atoms with E-state index in [1.165, 1.54) is 12.0 Å². The van der Waals surface area contributed by atoms with Gasteiger partial charge in [-0.2, -0.15) is 0 Å². The third-order valence-electron chi connectivity index (χ3n) is 1.49.